The van der Waals surface area contributed by atoms with E-state index in [1.165, 1.54) is 0 Å². The molecule has 2 aromatic rings. The van der Waals surface area contributed by atoms with Gasteiger partial charge in [-0.25, -0.2) is 4.99 Å². The Hall–Kier alpha value is -2.30. The van der Waals surface area contributed by atoms with Crippen LogP contribution in [0.1, 0.15) is 5.56 Å². The summed E-state index contributed by atoms with van der Waals surface area (Å²) in [5.74, 6) is 0.942. The number of aryl methyl sites for hydroxylation is 1. The Balaban J connectivity index is 2.31. The molecule has 112 valence electrons. The summed E-state index contributed by atoms with van der Waals surface area (Å²) in [6, 6.07) is 10.2. The van der Waals surface area contributed by atoms with Gasteiger partial charge in [-0.2, -0.15) is 5.10 Å². The lowest BCUT2D eigenvalue weighted by molar-refractivity contribution is 0.479. The molecular weight excluding hydrogens is 262 g/mol. The molecule has 5 nitrogen and oxygen atoms in total. The number of aliphatic imine (C=N–C) groups is 1. The van der Waals surface area contributed by atoms with Gasteiger partial charge in [0.15, 0.2) is 5.96 Å². The predicted molar refractivity (Wildman–Crippen MR) is 87.2 cm³/mol. The lowest BCUT2D eigenvalue weighted by Crippen LogP contribution is -2.35. The van der Waals surface area contributed by atoms with E-state index in [4.69, 9.17) is 4.99 Å². The molecule has 0 aliphatic heterocycles. The molecule has 0 saturated heterocycles. The van der Waals surface area contributed by atoms with Gasteiger partial charge in [-0.05, 0) is 0 Å². The van der Waals surface area contributed by atoms with E-state index in [-0.39, 0.29) is 0 Å². The second kappa shape index (κ2) is 6.43. The molecule has 0 unspecified atom stereocenters. The molecule has 0 amide bonds. The summed E-state index contributed by atoms with van der Waals surface area (Å²) in [6.45, 7) is 0.615. The van der Waals surface area contributed by atoms with E-state index in [1.807, 2.05) is 74.1 Å². The van der Waals surface area contributed by atoms with Gasteiger partial charge in [0.05, 0.1) is 12.2 Å². The van der Waals surface area contributed by atoms with Gasteiger partial charge in [0.1, 0.15) is 0 Å². The second-order valence-corrected chi connectivity index (χ2v) is 5.45. The van der Waals surface area contributed by atoms with Crippen LogP contribution in [-0.4, -0.2) is 53.7 Å². The molecule has 1 heterocycles. The molecule has 1 aromatic heterocycles. The number of guanidine groups is 1. The fourth-order valence-electron chi connectivity index (χ4n) is 2.33. The van der Waals surface area contributed by atoms with Gasteiger partial charge in [0.25, 0.3) is 0 Å². The highest BCUT2D eigenvalue weighted by molar-refractivity contribution is 5.79. The van der Waals surface area contributed by atoms with E-state index in [2.05, 4.69) is 17.2 Å². The van der Waals surface area contributed by atoms with Crippen molar-refractivity contribution in [3.8, 4) is 11.3 Å². The summed E-state index contributed by atoms with van der Waals surface area (Å²) in [4.78, 5) is 8.73. The fraction of sp³-hybridized carbons (Fsp3) is 0.375. The summed E-state index contributed by atoms with van der Waals surface area (Å²) in [6.07, 6.45) is 2.04. The first kappa shape index (κ1) is 15.1. The Labute approximate surface area is 126 Å². The SMILES string of the molecule is CN(C)C(=NCc1cn(C)nc1-c1ccccc1)N(C)C. The van der Waals surface area contributed by atoms with Gasteiger partial charge in [0, 0.05) is 52.6 Å². The highest BCUT2D eigenvalue weighted by atomic mass is 15.3. The molecular formula is C16H23N5. The van der Waals surface area contributed by atoms with Crippen LogP contribution in [0.15, 0.2) is 41.5 Å². The van der Waals surface area contributed by atoms with E-state index in [0.717, 1.165) is 22.8 Å². The zero-order valence-electron chi connectivity index (χ0n) is 13.4. The third kappa shape index (κ3) is 3.62. The quantitative estimate of drug-likeness (QED) is 0.640. The Bertz CT molecular complexity index is 601. The van der Waals surface area contributed by atoms with Crippen LogP contribution in [-0.2, 0) is 13.6 Å². The molecule has 0 fully saturated rings. The normalized spacial score (nSPS) is 10.3. The number of hydrogen-bond acceptors (Lipinski definition) is 2. The van der Waals surface area contributed by atoms with Gasteiger partial charge < -0.3 is 9.80 Å². The van der Waals surface area contributed by atoms with Crippen molar-refractivity contribution in [2.24, 2.45) is 12.0 Å². The van der Waals surface area contributed by atoms with Crippen molar-refractivity contribution in [2.45, 2.75) is 6.54 Å². The predicted octanol–water partition coefficient (Wildman–Crippen LogP) is 2.07. The van der Waals surface area contributed by atoms with Crippen LogP contribution in [0.2, 0.25) is 0 Å². The van der Waals surface area contributed by atoms with Crippen LogP contribution in [0, 0.1) is 0 Å². The Kier molecular flexibility index (Phi) is 4.62. The van der Waals surface area contributed by atoms with E-state index >= 15 is 0 Å². The summed E-state index contributed by atoms with van der Waals surface area (Å²) < 4.78 is 1.85. The molecule has 0 N–H and O–H groups in total. The maximum absolute atomic E-state index is 4.71. The van der Waals surface area contributed by atoms with Crippen LogP contribution >= 0.6 is 0 Å². The third-order valence-electron chi connectivity index (χ3n) is 3.14. The Morgan fingerprint density at radius 1 is 1.10 bits per heavy atom. The van der Waals surface area contributed by atoms with Crippen LogP contribution in [0.5, 0.6) is 0 Å². The lowest BCUT2D eigenvalue weighted by atomic mass is 10.1. The summed E-state index contributed by atoms with van der Waals surface area (Å²) in [5, 5.41) is 4.57. The molecule has 21 heavy (non-hydrogen) atoms. The number of hydrogen-bond donors (Lipinski definition) is 0. The maximum Gasteiger partial charge on any atom is 0.195 e. The second-order valence-electron chi connectivity index (χ2n) is 5.45. The minimum absolute atomic E-state index is 0.615. The van der Waals surface area contributed by atoms with Crippen molar-refractivity contribution >= 4 is 5.96 Å². The lowest BCUT2D eigenvalue weighted by Gasteiger charge is -2.22. The highest BCUT2D eigenvalue weighted by Gasteiger charge is 2.11. The van der Waals surface area contributed by atoms with Crippen LogP contribution < -0.4 is 0 Å². The topological polar surface area (TPSA) is 36.7 Å². The van der Waals surface area contributed by atoms with E-state index in [1.54, 1.807) is 0 Å². The molecule has 0 bridgehead atoms. The third-order valence-corrected chi connectivity index (χ3v) is 3.14. The zero-order valence-corrected chi connectivity index (χ0v) is 13.4. The Morgan fingerprint density at radius 2 is 1.71 bits per heavy atom. The summed E-state index contributed by atoms with van der Waals surface area (Å²) >= 11 is 0. The smallest absolute Gasteiger partial charge is 0.195 e. The first-order valence-electron chi connectivity index (χ1n) is 6.96. The van der Waals surface area contributed by atoms with Gasteiger partial charge in [-0.15, -0.1) is 0 Å². The number of nitrogens with zero attached hydrogens (tertiary/aromatic N) is 5. The molecule has 0 aliphatic rings. The fourth-order valence-corrected chi connectivity index (χ4v) is 2.33. The summed E-state index contributed by atoms with van der Waals surface area (Å²) in [5.41, 5.74) is 3.25. The number of benzene rings is 1. The minimum atomic E-state index is 0.615. The van der Waals surface area contributed by atoms with E-state index in [0.29, 0.717) is 6.54 Å². The molecule has 5 heteroatoms. The molecule has 1 aromatic carbocycles. The van der Waals surface area contributed by atoms with Crippen LogP contribution in [0.25, 0.3) is 11.3 Å². The maximum atomic E-state index is 4.71. The molecule has 0 aliphatic carbocycles. The van der Waals surface area contributed by atoms with Crippen molar-refractivity contribution in [1.29, 1.82) is 0 Å². The molecule has 0 spiro atoms. The molecule has 2 rings (SSSR count). The van der Waals surface area contributed by atoms with Crippen molar-refractivity contribution in [3.63, 3.8) is 0 Å². The molecule has 0 radical (unpaired) electrons. The average molecular weight is 285 g/mol. The van der Waals surface area contributed by atoms with Gasteiger partial charge in [0.2, 0.25) is 0 Å². The van der Waals surface area contributed by atoms with Crippen molar-refractivity contribution in [1.82, 2.24) is 19.6 Å². The van der Waals surface area contributed by atoms with E-state index in [9.17, 15) is 0 Å². The zero-order chi connectivity index (χ0) is 15.4. The van der Waals surface area contributed by atoms with Gasteiger partial charge in [-0.1, -0.05) is 30.3 Å². The minimum Gasteiger partial charge on any atom is -0.349 e. The Morgan fingerprint density at radius 3 is 2.29 bits per heavy atom. The van der Waals surface area contributed by atoms with Gasteiger partial charge >= 0.3 is 0 Å². The largest absolute Gasteiger partial charge is 0.349 e. The summed E-state index contributed by atoms with van der Waals surface area (Å²) in [7, 11) is 9.94. The molecule has 0 saturated carbocycles. The van der Waals surface area contributed by atoms with Crippen molar-refractivity contribution in [3.05, 3.63) is 42.1 Å². The average Bonchev–Trinajstić information content (AvgIpc) is 2.80. The monoisotopic (exact) mass is 285 g/mol. The van der Waals surface area contributed by atoms with Gasteiger partial charge in [-0.3, -0.25) is 4.68 Å². The number of rotatable bonds is 3. The van der Waals surface area contributed by atoms with Crippen molar-refractivity contribution < 1.29 is 0 Å². The first-order valence-corrected chi connectivity index (χ1v) is 6.96. The van der Waals surface area contributed by atoms with E-state index < -0.39 is 0 Å². The molecule has 0 atom stereocenters. The van der Waals surface area contributed by atoms with Crippen LogP contribution in [0.4, 0.5) is 0 Å². The first-order chi connectivity index (χ1) is 9.99. The highest BCUT2D eigenvalue weighted by Crippen LogP contribution is 2.22. The van der Waals surface area contributed by atoms with Crippen LogP contribution in [0.3, 0.4) is 0 Å². The standard InChI is InChI=1S/C16H23N5/c1-19(2)16(20(3)4)17-11-14-12-21(5)18-15(14)13-9-7-6-8-10-13/h6-10,12H,11H2,1-5H3. The number of aromatic nitrogens is 2. The van der Waals surface area contributed by atoms with Crippen molar-refractivity contribution in [2.75, 3.05) is 28.2 Å².